The fourth-order valence-corrected chi connectivity index (χ4v) is 3.69. The van der Waals surface area contributed by atoms with Crippen LogP contribution < -0.4 is 5.32 Å². The van der Waals surface area contributed by atoms with Gasteiger partial charge in [-0.25, -0.2) is 0 Å². The fourth-order valence-electron chi connectivity index (χ4n) is 3.69. The van der Waals surface area contributed by atoms with Gasteiger partial charge >= 0.3 is 0 Å². The van der Waals surface area contributed by atoms with Crippen LogP contribution in [0.3, 0.4) is 0 Å². The van der Waals surface area contributed by atoms with E-state index in [1.165, 1.54) is 0 Å². The molecule has 1 aromatic heterocycles. The standard InChI is InChI=1S/C17H27N3O3/c1-4-23-14-9-17(22,16(14,2)3)11-18-15(21)12-10-19-20-8-6-5-7-13(12)20/h10,14,22H,4-9,11H2,1-3H3,(H,18,21)/t14-,17+/m0/s1. The van der Waals surface area contributed by atoms with Crippen molar-refractivity contribution in [3.63, 3.8) is 0 Å². The van der Waals surface area contributed by atoms with Gasteiger partial charge in [-0.1, -0.05) is 13.8 Å². The zero-order chi connectivity index (χ0) is 16.7. The molecule has 6 heteroatoms. The van der Waals surface area contributed by atoms with Crippen molar-refractivity contribution in [1.29, 1.82) is 0 Å². The Morgan fingerprint density at radius 1 is 1.52 bits per heavy atom. The molecular formula is C17H27N3O3. The molecule has 2 heterocycles. The average Bonchev–Trinajstić information content (AvgIpc) is 2.96. The molecule has 23 heavy (non-hydrogen) atoms. The van der Waals surface area contributed by atoms with E-state index in [0.29, 0.717) is 18.6 Å². The number of rotatable bonds is 5. The predicted molar refractivity (Wildman–Crippen MR) is 86.3 cm³/mol. The monoisotopic (exact) mass is 321 g/mol. The Kier molecular flexibility index (Phi) is 4.23. The number of aliphatic hydroxyl groups is 1. The zero-order valence-corrected chi connectivity index (χ0v) is 14.3. The van der Waals surface area contributed by atoms with E-state index in [9.17, 15) is 9.90 Å². The number of nitrogens with one attached hydrogen (secondary N) is 1. The van der Waals surface area contributed by atoms with Crippen LogP contribution in [-0.2, 0) is 17.7 Å². The number of ether oxygens (including phenoxy) is 1. The van der Waals surface area contributed by atoms with Crippen LogP contribution in [0.5, 0.6) is 0 Å². The Hall–Kier alpha value is -1.40. The van der Waals surface area contributed by atoms with Crippen LogP contribution in [0.15, 0.2) is 6.20 Å². The Bertz CT molecular complexity index is 596. The van der Waals surface area contributed by atoms with Crippen molar-refractivity contribution in [3.8, 4) is 0 Å². The van der Waals surface area contributed by atoms with Crippen LogP contribution in [0.1, 0.15) is 56.1 Å². The molecule has 0 unspecified atom stereocenters. The van der Waals surface area contributed by atoms with Crippen molar-refractivity contribution in [3.05, 3.63) is 17.5 Å². The molecule has 0 saturated heterocycles. The Morgan fingerprint density at radius 3 is 3.00 bits per heavy atom. The first kappa shape index (κ1) is 16.5. The quantitative estimate of drug-likeness (QED) is 0.862. The van der Waals surface area contributed by atoms with Gasteiger partial charge < -0.3 is 15.2 Å². The summed E-state index contributed by atoms with van der Waals surface area (Å²) < 4.78 is 7.58. The Balaban J connectivity index is 1.63. The van der Waals surface area contributed by atoms with E-state index in [1.54, 1.807) is 6.20 Å². The summed E-state index contributed by atoms with van der Waals surface area (Å²) in [7, 11) is 0. The number of carbonyl (C=O) groups excluding carboxylic acids is 1. The average molecular weight is 321 g/mol. The SMILES string of the molecule is CCO[C@H]1C[C@@](O)(CNC(=O)c2cnn3c2CCCC3)C1(C)C. The Morgan fingerprint density at radius 2 is 2.30 bits per heavy atom. The first-order chi connectivity index (χ1) is 10.9. The molecule has 128 valence electrons. The van der Waals surface area contributed by atoms with Gasteiger partial charge in [-0.3, -0.25) is 9.48 Å². The molecular weight excluding hydrogens is 294 g/mol. The fraction of sp³-hybridized carbons (Fsp3) is 0.765. The number of amides is 1. The van der Waals surface area contributed by atoms with Crippen LogP contribution in [0, 0.1) is 5.41 Å². The van der Waals surface area contributed by atoms with Gasteiger partial charge in [0.2, 0.25) is 0 Å². The predicted octanol–water partition coefficient (Wildman–Crippen LogP) is 1.52. The van der Waals surface area contributed by atoms with E-state index >= 15 is 0 Å². The maximum absolute atomic E-state index is 12.5. The normalized spacial score (nSPS) is 28.8. The summed E-state index contributed by atoms with van der Waals surface area (Å²) in [5.74, 6) is -0.141. The van der Waals surface area contributed by atoms with Crippen LogP contribution in [-0.4, -0.2) is 45.7 Å². The molecule has 0 spiro atoms. The first-order valence-corrected chi connectivity index (χ1v) is 8.56. The molecule has 1 amide bonds. The number of hydrogen-bond acceptors (Lipinski definition) is 4. The molecule has 1 aliphatic carbocycles. The highest BCUT2D eigenvalue weighted by atomic mass is 16.5. The third-order valence-corrected chi connectivity index (χ3v) is 5.66. The van der Waals surface area contributed by atoms with Crippen molar-refractivity contribution in [2.75, 3.05) is 13.2 Å². The molecule has 2 atom stereocenters. The third-order valence-electron chi connectivity index (χ3n) is 5.66. The molecule has 3 rings (SSSR count). The van der Waals surface area contributed by atoms with Gasteiger partial charge in [0.25, 0.3) is 5.91 Å². The molecule has 1 aromatic rings. The first-order valence-electron chi connectivity index (χ1n) is 8.56. The molecule has 0 radical (unpaired) electrons. The second-order valence-corrected chi connectivity index (χ2v) is 7.27. The van der Waals surface area contributed by atoms with E-state index in [4.69, 9.17) is 4.74 Å². The van der Waals surface area contributed by atoms with Crippen LogP contribution in [0.25, 0.3) is 0 Å². The molecule has 0 aromatic carbocycles. The Labute approximate surface area is 137 Å². The highest BCUT2D eigenvalue weighted by Crippen LogP contribution is 2.50. The smallest absolute Gasteiger partial charge is 0.254 e. The lowest BCUT2D eigenvalue weighted by Crippen LogP contribution is -2.68. The van der Waals surface area contributed by atoms with Crippen molar-refractivity contribution in [1.82, 2.24) is 15.1 Å². The molecule has 2 N–H and O–H groups in total. The highest BCUT2D eigenvalue weighted by Gasteiger charge is 2.59. The van der Waals surface area contributed by atoms with Crippen LogP contribution in [0.2, 0.25) is 0 Å². The minimum Gasteiger partial charge on any atom is -0.387 e. The van der Waals surface area contributed by atoms with E-state index in [2.05, 4.69) is 10.4 Å². The van der Waals surface area contributed by atoms with Gasteiger partial charge in [-0.15, -0.1) is 0 Å². The van der Waals surface area contributed by atoms with Crippen molar-refractivity contribution < 1.29 is 14.6 Å². The molecule has 2 aliphatic rings. The molecule has 6 nitrogen and oxygen atoms in total. The number of aromatic nitrogens is 2. The molecule has 1 fully saturated rings. The minimum absolute atomic E-state index is 0.0401. The van der Waals surface area contributed by atoms with Gasteiger partial charge in [0.05, 0.1) is 29.2 Å². The summed E-state index contributed by atoms with van der Waals surface area (Å²) in [4.78, 5) is 12.5. The topological polar surface area (TPSA) is 76.4 Å². The lowest BCUT2D eigenvalue weighted by atomic mass is 9.56. The summed E-state index contributed by atoms with van der Waals surface area (Å²) in [6.45, 7) is 7.70. The van der Waals surface area contributed by atoms with Gasteiger partial charge in [0.1, 0.15) is 0 Å². The van der Waals surface area contributed by atoms with Gasteiger partial charge in [-0.05, 0) is 26.2 Å². The lowest BCUT2D eigenvalue weighted by Gasteiger charge is -2.57. The van der Waals surface area contributed by atoms with E-state index in [-0.39, 0.29) is 24.0 Å². The van der Waals surface area contributed by atoms with Gasteiger partial charge in [0.15, 0.2) is 0 Å². The number of carbonyl (C=O) groups is 1. The number of fused-ring (bicyclic) bond motifs is 1. The maximum Gasteiger partial charge on any atom is 0.254 e. The van der Waals surface area contributed by atoms with Gasteiger partial charge in [-0.2, -0.15) is 5.10 Å². The summed E-state index contributed by atoms with van der Waals surface area (Å²) in [5, 5.41) is 18.0. The maximum atomic E-state index is 12.5. The molecule has 1 aliphatic heterocycles. The lowest BCUT2D eigenvalue weighted by molar-refractivity contribution is -0.237. The van der Waals surface area contributed by atoms with E-state index < -0.39 is 5.60 Å². The minimum atomic E-state index is -0.921. The number of aryl methyl sites for hydroxylation is 1. The van der Waals surface area contributed by atoms with Gasteiger partial charge in [0, 0.05) is 31.5 Å². The van der Waals surface area contributed by atoms with Crippen molar-refractivity contribution in [2.45, 2.75) is 64.7 Å². The summed E-state index contributed by atoms with van der Waals surface area (Å²) in [6.07, 6.45) is 5.35. The third kappa shape index (κ3) is 2.68. The van der Waals surface area contributed by atoms with E-state index in [1.807, 2.05) is 25.5 Å². The summed E-state index contributed by atoms with van der Waals surface area (Å²) >= 11 is 0. The second-order valence-electron chi connectivity index (χ2n) is 7.27. The largest absolute Gasteiger partial charge is 0.387 e. The van der Waals surface area contributed by atoms with Crippen molar-refractivity contribution >= 4 is 5.91 Å². The zero-order valence-electron chi connectivity index (χ0n) is 14.3. The number of nitrogens with zero attached hydrogens (tertiary/aromatic N) is 2. The molecule has 0 bridgehead atoms. The summed E-state index contributed by atoms with van der Waals surface area (Å²) in [6, 6.07) is 0. The summed E-state index contributed by atoms with van der Waals surface area (Å²) in [5.41, 5.74) is 0.373. The van der Waals surface area contributed by atoms with E-state index in [0.717, 1.165) is 31.5 Å². The van der Waals surface area contributed by atoms with Crippen LogP contribution in [0.4, 0.5) is 0 Å². The molecule has 1 saturated carbocycles. The van der Waals surface area contributed by atoms with Crippen LogP contribution >= 0.6 is 0 Å². The highest BCUT2D eigenvalue weighted by molar-refractivity contribution is 5.95. The second kappa shape index (κ2) is 5.91. The number of hydrogen-bond donors (Lipinski definition) is 2. The van der Waals surface area contributed by atoms with Crippen molar-refractivity contribution in [2.24, 2.45) is 5.41 Å².